The summed E-state index contributed by atoms with van der Waals surface area (Å²) in [5, 5.41) is 0. The van der Waals surface area contributed by atoms with Crippen molar-refractivity contribution in [1.82, 2.24) is 0 Å². The molecule has 0 saturated carbocycles. The van der Waals surface area contributed by atoms with Crippen molar-refractivity contribution in [3.05, 3.63) is 108 Å². The molecule has 1 aromatic heterocycles. The highest BCUT2D eigenvalue weighted by atomic mass is 16.5. The number of ether oxygens (including phenoxy) is 2. The molecule has 0 bridgehead atoms. The Morgan fingerprint density at radius 3 is 2.39 bits per heavy atom. The van der Waals surface area contributed by atoms with Crippen LogP contribution in [-0.2, 0) is 16.8 Å². The molecule has 2 atom stereocenters. The lowest BCUT2D eigenvalue weighted by Crippen LogP contribution is -2.44. The third-order valence-electron chi connectivity index (χ3n) is 7.57. The third-order valence-corrected chi connectivity index (χ3v) is 7.57. The molecule has 6 heteroatoms. The van der Waals surface area contributed by atoms with Crippen molar-refractivity contribution in [3.8, 4) is 11.5 Å². The lowest BCUT2D eigenvalue weighted by molar-refractivity contribution is -0.123. The number of carbonyl (C=O) groups excluding carboxylic acids is 1. The quantitative estimate of drug-likeness (QED) is 0.353. The van der Waals surface area contributed by atoms with Crippen LogP contribution >= 0.6 is 0 Å². The van der Waals surface area contributed by atoms with E-state index < -0.39 is 5.41 Å². The molecule has 3 heterocycles. The Hall–Kier alpha value is -4.19. The number of rotatable bonds is 6. The minimum absolute atomic E-state index is 0.108. The predicted molar refractivity (Wildman–Crippen MR) is 139 cm³/mol. The van der Waals surface area contributed by atoms with E-state index in [-0.39, 0.29) is 11.9 Å². The summed E-state index contributed by atoms with van der Waals surface area (Å²) in [6.45, 7) is 1.24. The van der Waals surface area contributed by atoms with Gasteiger partial charge in [-0.3, -0.25) is 4.79 Å². The third kappa shape index (κ3) is 3.36. The minimum Gasteiger partial charge on any atom is -0.497 e. The molecule has 1 amide bonds. The predicted octanol–water partition coefficient (Wildman–Crippen LogP) is 5.73. The Labute approximate surface area is 210 Å². The molecule has 6 rings (SSSR count). The van der Waals surface area contributed by atoms with Crippen molar-refractivity contribution in [2.24, 2.45) is 0 Å². The molecule has 2 aliphatic heterocycles. The van der Waals surface area contributed by atoms with Gasteiger partial charge in [0.05, 0.1) is 39.3 Å². The van der Waals surface area contributed by atoms with Crippen molar-refractivity contribution in [2.75, 3.05) is 30.6 Å². The van der Waals surface area contributed by atoms with E-state index in [1.165, 1.54) is 0 Å². The zero-order chi connectivity index (χ0) is 24.7. The Balaban J connectivity index is 1.51. The van der Waals surface area contributed by atoms with Crippen molar-refractivity contribution in [1.29, 1.82) is 0 Å². The van der Waals surface area contributed by atoms with Crippen LogP contribution in [0.5, 0.6) is 11.5 Å². The van der Waals surface area contributed by atoms with E-state index in [1.54, 1.807) is 26.7 Å². The Morgan fingerprint density at radius 1 is 0.944 bits per heavy atom. The van der Waals surface area contributed by atoms with Gasteiger partial charge in [0.25, 0.3) is 0 Å². The summed E-state index contributed by atoms with van der Waals surface area (Å²) in [4.78, 5) is 18.8. The summed E-state index contributed by atoms with van der Waals surface area (Å²) in [5.74, 6) is 1.65. The van der Waals surface area contributed by atoms with Crippen LogP contribution in [0.2, 0.25) is 0 Å². The Morgan fingerprint density at radius 2 is 1.69 bits per heavy atom. The molecule has 0 aliphatic carbocycles. The van der Waals surface area contributed by atoms with Crippen molar-refractivity contribution in [2.45, 2.75) is 24.4 Å². The average molecular weight is 481 g/mol. The van der Waals surface area contributed by atoms with Crippen LogP contribution in [0.1, 0.15) is 29.2 Å². The second kappa shape index (κ2) is 8.79. The number of fused-ring (bicyclic) bond motifs is 2. The topological polar surface area (TPSA) is 55.2 Å². The zero-order valence-corrected chi connectivity index (χ0v) is 20.4. The number of furan rings is 1. The molecular formula is C30H28N2O4. The number of hydrogen-bond donors (Lipinski definition) is 0. The molecule has 182 valence electrons. The fraction of sp³-hybridized carbons (Fsp3) is 0.233. The van der Waals surface area contributed by atoms with Gasteiger partial charge in [-0.25, -0.2) is 0 Å². The molecule has 2 unspecified atom stereocenters. The van der Waals surface area contributed by atoms with Crippen molar-refractivity contribution >= 4 is 17.3 Å². The first kappa shape index (κ1) is 22.3. The van der Waals surface area contributed by atoms with E-state index >= 15 is 0 Å². The van der Waals surface area contributed by atoms with E-state index in [0.717, 1.165) is 46.1 Å². The maximum atomic E-state index is 14.6. The van der Waals surface area contributed by atoms with Gasteiger partial charge in [0.15, 0.2) is 0 Å². The molecule has 0 radical (unpaired) electrons. The molecule has 36 heavy (non-hydrogen) atoms. The molecular weight excluding hydrogens is 452 g/mol. The smallest absolute Gasteiger partial charge is 0.240 e. The van der Waals surface area contributed by atoms with Gasteiger partial charge >= 0.3 is 0 Å². The standard InChI is InChI=1S/C30H28N2O4/c1-34-24-10-8-23(9-11-24)31-16-15-30(28(31)22-14-17-36-20-22)26-18-25(35-2)12-13-27(26)32(29(30)33)19-21-6-4-3-5-7-21/h3-14,17-18,20,28H,15-16,19H2,1-2H3. The summed E-state index contributed by atoms with van der Waals surface area (Å²) in [6.07, 6.45) is 4.13. The number of hydrogen-bond acceptors (Lipinski definition) is 5. The maximum Gasteiger partial charge on any atom is 0.240 e. The average Bonchev–Trinajstić information content (AvgIpc) is 3.64. The van der Waals surface area contributed by atoms with Crippen LogP contribution in [0.15, 0.2) is 95.8 Å². The first-order valence-corrected chi connectivity index (χ1v) is 12.1. The van der Waals surface area contributed by atoms with Crippen molar-refractivity contribution in [3.63, 3.8) is 0 Å². The highest BCUT2D eigenvalue weighted by Gasteiger charge is 2.61. The van der Waals surface area contributed by atoms with Crippen LogP contribution in [0.3, 0.4) is 0 Å². The second-order valence-corrected chi connectivity index (χ2v) is 9.33. The molecule has 1 saturated heterocycles. The number of nitrogens with zero attached hydrogens (tertiary/aromatic N) is 2. The summed E-state index contributed by atoms with van der Waals surface area (Å²) in [6, 6.07) is 25.9. The Kier molecular flexibility index (Phi) is 5.44. The molecule has 1 fully saturated rings. The van der Waals surface area contributed by atoms with Gasteiger partial charge in [-0.05, 0) is 66.1 Å². The lowest BCUT2D eigenvalue weighted by atomic mass is 9.73. The summed E-state index contributed by atoms with van der Waals surface area (Å²) in [5.41, 5.74) is 4.28. The van der Waals surface area contributed by atoms with E-state index in [4.69, 9.17) is 13.9 Å². The fourth-order valence-electron chi connectivity index (χ4n) is 5.90. The van der Waals surface area contributed by atoms with E-state index in [1.807, 2.05) is 59.5 Å². The number of methoxy groups -OCH3 is 2. The molecule has 6 nitrogen and oxygen atoms in total. The number of carbonyl (C=O) groups is 1. The van der Waals surface area contributed by atoms with Gasteiger partial charge in [0, 0.05) is 23.5 Å². The number of amides is 1. The first-order chi connectivity index (χ1) is 17.7. The minimum atomic E-state index is -0.775. The summed E-state index contributed by atoms with van der Waals surface area (Å²) in [7, 11) is 3.33. The van der Waals surface area contributed by atoms with Gasteiger partial charge in [-0.15, -0.1) is 0 Å². The molecule has 3 aromatic carbocycles. The second-order valence-electron chi connectivity index (χ2n) is 9.33. The monoisotopic (exact) mass is 480 g/mol. The van der Waals surface area contributed by atoms with Crippen molar-refractivity contribution < 1.29 is 18.7 Å². The molecule has 1 spiro atoms. The van der Waals surface area contributed by atoms with E-state index in [2.05, 4.69) is 29.2 Å². The molecule has 4 aromatic rings. The number of benzene rings is 3. The number of anilines is 2. The van der Waals surface area contributed by atoms with Crippen LogP contribution in [0.25, 0.3) is 0 Å². The largest absolute Gasteiger partial charge is 0.497 e. The summed E-state index contributed by atoms with van der Waals surface area (Å²) >= 11 is 0. The zero-order valence-electron chi connectivity index (χ0n) is 20.4. The van der Waals surface area contributed by atoms with Gasteiger partial charge < -0.3 is 23.7 Å². The van der Waals surface area contributed by atoms with Crippen LogP contribution in [0, 0.1) is 0 Å². The van der Waals surface area contributed by atoms with Crippen LogP contribution in [0.4, 0.5) is 11.4 Å². The molecule has 2 aliphatic rings. The highest BCUT2D eigenvalue weighted by molar-refractivity contribution is 6.09. The normalized spacial score (nSPS) is 20.7. The van der Waals surface area contributed by atoms with Gasteiger partial charge in [0.2, 0.25) is 5.91 Å². The lowest BCUT2D eigenvalue weighted by Gasteiger charge is -2.35. The van der Waals surface area contributed by atoms with Gasteiger partial charge in [-0.2, -0.15) is 0 Å². The molecule has 0 N–H and O–H groups in total. The maximum absolute atomic E-state index is 14.6. The van der Waals surface area contributed by atoms with E-state index in [0.29, 0.717) is 13.0 Å². The SMILES string of the molecule is COc1ccc(N2CCC3(C(=O)N(Cc4ccccc4)c4ccc(OC)cc43)C2c2ccoc2)cc1. The van der Waals surface area contributed by atoms with Crippen LogP contribution < -0.4 is 19.3 Å². The Bertz CT molecular complexity index is 1370. The fourth-order valence-corrected chi connectivity index (χ4v) is 5.90. The highest BCUT2D eigenvalue weighted by Crippen LogP contribution is 2.58. The first-order valence-electron chi connectivity index (χ1n) is 12.1. The van der Waals surface area contributed by atoms with E-state index in [9.17, 15) is 4.79 Å². The van der Waals surface area contributed by atoms with Gasteiger partial charge in [-0.1, -0.05) is 30.3 Å². The van der Waals surface area contributed by atoms with Crippen LogP contribution in [-0.4, -0.2) is 26.7 Å². The van der Waals surface area contributed by atoms with Gasteiger partial charge in [0.1, 0.15) is 16.9 Å². The summed E-state index contributed by atoms with van der Waals surface area (Å²) < 4.78 is 16.5.